The third kappa shape index (κ3) is 2.67. The molecule has 0 unspecified atom stereocenters. The summed E-state index contributed by atoms with van der Waals surface area (Å²) in [5, 5.41) is 0.113. The van der Waals surface area contributed by atoms with Crippen LogP contribution < -0.4 is 5.73 Å². The highest BCUT2D eigenvalue weighted by atomic mass is 32.2. The van der Waals surface area contributed by atoms with Crippen molar-refractivity contribution < 1.29 is 8.42 Å². The van der Waals surface area contributed by atoms with Gasteiger partial charge >= 0.3 is 0 Å². The molecule has 3 rings (SSSR count). The summed E-state index contributed by atoms with van der Waals surface area (Å²) in [4.78, 5) is 6.38. The predicted octanol–water partition coefficient (Wildman–Crippen LogP) is 0.251. The van der Waals surface area contributed by atoms with Gasteiger partial charge in [-0.25, -0.2) is 13.4 Å². The quantitative estimate of drug-likeness (QED) is 0.865. The van der Waals surface area contributed by atoms with Crippen LogP contribution in [0.4, 0.5) is 5.82 Å². The number of hydrogen-bond donors (Lipinski definition) is 1. The van der Waals surface area contributed by atoms with Gasteiger partial charge in [0.1, 0.15) is 0 Å². The van der Waals surface area contributed by atoms with Crippen molar-refractivity contribution in [3.63, 3.8) is 0 Å². The predicted molar refractivity (Wildman–Crippen MR) is 80.2 cm³/mol. The maximum absolute atomic E-state index is 12.7. The summed E-state index contributed by atoms with van der Waals surface area (Å²) in [6.45, 7) is 3.44. The molecule has 0 aliphatic carbocycles. The van der Waals surface area contributed by atoms with Gasteiger partial charge in [0, 0.05) is 26.2 Å². The van der Waals surface area contributed by atoms with E-state index < -0.39 is 10.0 Å². The van der Waals surface area contributed by atoms with Gasteiger partial charge in [-0.2, -0.15) is 4.31 Å². The average Bonchev–Trinajstić information content (AvgIpc) is 3.09. The minimum absolute atomic E-state index is 0.0826. The number of hydrogen-bond acceptors (Lipinski definition) is 5. The van der Waals surface area contributed by atoms with E-state index in [9.17, 15) is 8.42 Å². The highest BCUT2D eigenvalue weighted by molar-refractivity contribution is 7.89. The van der Waals surface area contributed by atoms with Crippen LogP contribution in [-0.2, 0) is 17.1 Å². The topological polar surface area (TPSA) is 84.5 Å². The zero-order chi connectivity index (χ0) is 15.0. The number of aryl methyl sites for hydroxylation is 1. The summed E-state index contributed by atoms with van der Waals surface area (Å²) in [5.74, 6) is 0.0826. The number of anilines is 1. The Morgan fingerprint density at radius 3 is 2.33 bits per heavy atom. The van der Waals surface area contributed by atoms with E-state index in [1.807, 2.05) is 0 Å². The van der Waals surface area contributed by atoms with E-state index in [1.54, 1.807) is 11.4 Å². The Bertz CT molecular complexity index is 579. The first-order valence-corrected chi connectivity index (χ1v) is 8.95. The van der Waals surface area contributed by atoms with Crippen LogP contribution in [0.1, 0.15) is 25.7 Å². The van der Waals surface area contributed by atoms with Gasteiger partial charge in [0.05, 0.1) is 6.33 Å². The van der Waals surface area contributed by atoms with Gasteiger partial charge in [0.15, 0.2) is 10.8 Å². The molecule has 2 saturated heterocycles. The fourth-order valence-corrected chi connectivity index (χ4v) is 5.09. The molecule has 21 heavy (non-hydrogen) atoms. The number of rotatable bonds is 3. The van der Waals surface area contributed by atoms with Crippen molar-refractivity contribution in [2.75, 3.05) is 31.9 Å². The first-order chi connectivity index (χ1) is 10.00. The molecule has 8 heteroatoms. The van der Waals surface area contributed by atoms with Gasteiger partial charge in [0.2, 0.25) is 0 Å². The summed E-state index contributed by atoms with van der Waals surface area (Å²) in [5.41, 5.74) is 5.72. The highest BCUT2D eigenvalue weighted by Gasteiger charge is 2.35. The van der Waals surface area contributed by atoms with E-state index in [4.69, 9.17) is 5.73 Å². The van der Waals surface area contributed by atoms with E-state index in [0.717, 1.165) is 25.9 Å². The Kier molecular flexibility index (Phi) is 3.94. The second-order valence-electron chi connectivity index (χ2n) is 5.92. The van der Waals surface area contributed by atoms with Gasteiger partial charge in [-0.05, 0) is 38.8 Å². The van der Waals surface area contributed by atoms with Crippen LogP contribution in [0.15, 0.2) is 11.4 Å². The Labute approximate surface area is 125 Å². The summed E-state index contributed by atoms with van der Waals surface area (Å²) >= 11 is 0. The first-order valence-electron chi connectivity index (χ1n) is 7.51. The molecule has 1 aromatic heterocycles. The molecule has 1 aromatic rings. The summed E-state index contributed by atoms with van der Waals surface area (Å²) in [7, 11) is -1.88. The largest absolute Gasteiger partial charge is 0.381 e. The zero-order valence-corrected chi connectivity index (χ0v) is 13.2. The Balaban J connectivity index is 1.71. The van der Waals surface area contributed by atoms with Crippen molar-refractivity contribution in [3.8, 4) is 0 Å². The van der Waals surface area contributed by atoms with Crippen LogP contribution in [0.25, 0.3) is 0 Å². The number of nitrogens with two attached hydrogens (primary N) is 1. The smallest absolute Gasteiger partial charge is 0.262 e. The van der Waals surface area contributed by atoms with E-state index in [0.29, 0.717) is 19.1 Å². The number of piperidine rings is 1. The third-order valence-electron chi connectivity index (χ3n) is 4.57. The van der Waals surface area contributed by atoms with E-state index in [1.165, 1.54) is 23.7 Å². The number of nitrogens with zero attached hydrogens (tertiary/aromatic N) is 4. The SMILES string of the molecule is Cn1cnc(N)c1S(=O)(=O)N1CCC(N2CCCC2)CC1. The molecule has 0 amide bonds. The van der Waals surface area contributed by atoms with Crippen LogP contribution in [-0.4, -0.2) is 59.4 Å². The Morgan fingerprint density at radius 2 is 1.81 bits per heavy atom. The van der Waals surface area contributed by atoms with Crippen LogP contribution in [0, 0.1) is 0 Å². The monoisotopic (exact) mass is 313 g/mol. The van der Waals surface area contributed by atoms with Gasteiger partial charge in [-0.3, -0.25) is 0 Å². The van der Waals surface area contributed by atoms with Gasteiger partial charge < -0.3 is 15.2 Å². The molecular weight excluding hydrogens is 290 g/mol. The molecule has 2 fully saturated rings. The van der Waals surface area contributed by atoms with E-state index >= 15 is 0 Å². The zero-order valence-electron chi connectivity index (χ0n) is 12.4. The van der Waals surface area contributed by atoms with Crippen molar-refractivity contribution in [2.24, 2.45) is 7.05 Å². The molecule has 3 heterocycles. The highest BCUT2D eigenvalue weighted by Crippen LogP contribution is 2.26. The standard InChI is InChI=1S/C13H23N5O2S/c1-16-10-15-12(14)13(16)21(19,20)18-8-4-11(5-9-18)17-6-2-3-7-17/h10-11H,2-9,14H2,1H3. The summed E-state index contributed by atoms with van der Waals surface area (Å²) in [6, 6.07) is 0.530. The second-order valence-corrected chi connectivity index (χ2v) is 7.78. The van der Waals surface area contributed by atoms with Gasteiger partial charge in [-0.1, -0.05) is 0 Å². The average molecular weight is 313 g/mol. The summed E-state index contributed by atoms with van der Waals surface area (Å²) in [6.07, 6.45) is 5.78. The van der Waals surface area contributed by atoms with Crippen molar-refractivity contribution in [1.82, 2.24) is 18.8 Å². The molecule has 0 aromatic carbocycles. The van der Waals surface area contributed by atoms with Crippen LogP contribution in [0.5, 0.6) is 0 Å². The molecule has 0 spiro atoms. The maximum Gasteiger partial charge on any atom is 0.262 e. The van der Waals surface area contributed by atoms with Crippen molar-refractivity contribution >= 4 is 15.8 Å². The molecule has 0 saturated carbocycles. The van der Waals surface area contributed by atoms with Crippen molar-refractivity contribution in [2.45, 2.75) is 36.8 Å². The molecule has 2 aliphatic rings. The lowest BCUT2D eigenvalue weighted by Gasteiger charge is -2.35. The van der Waals surface area contributed by atoms with Crippen molar-refractivity contribution in [1.29, 1.82) is 0 Å². The number of nitrogen functional groups attached to an aromatic ring is 1. The third-order valence-corrected chi connectivity index (χ3v) is 6.61. The minimum Gasteiger partial charge on any atom is -0.381 e. The molecule has 2 aliphatic heterocycles. The Hall–Kier alpha value is -1.12. The maximum atomic E-state index is 12.7. The van der Waals surface area contributed by atoms with Crippen LogP contribution in [0.3, 0.4) is 0 Å². The molecule has 0 bridgehead atoms. The normalized spacial score (nSPS) is 22.9. The minimum atomic E-state index is -3.54. The molecule has 0 radical (unpaired) electrons. The molecular formula is C13H23N5O2S. The molecule has 7 nitrogen and oxygen atoms in total. The fraction of sp³-hybridized carbons (Fsp3) is 0.769. The van der Waals surface area contributed by atoms with Crippen LogP contribution >= 0.6 is 0 Å². The Morgan fingerprint density at radius 1 is 1.19 bits per heavy atom. The lowest BCUT2D eigenvalue weighted by molar-refractivity contribution is 0.167. The fourth-order valence-electron chi connectivity index (χ4n) is 3.43. The van der Waals surface area contributed by atoms with Gasteiger partial charge in [-0.15, -0.1) is 0 Å². The second kappa shape index (κ2) is 5.58. The molecule has 0 atom stereocenters. The molecule has 2 N–H and O–H groups in total. The lowest BCUT2D eigenvalue weighted by atomic mass is 10.1. The van der Waals surface area contributed by atoms with Gasteiger partial charge in [0.25, 0.3) is 10.0 Å². The first kappa shape index (κ1) is 14.8. The number of imidazole rings is 1. The van der Waals surface area contributed by atoms with E-state index in [-0.39, 0.29) is 10.8 Å². The summed E-state index contributed by atoms with van der Waals surface area (Å²) < 4.78 is 28.4. The van der Waals surface area contributed by atoms with Crippen LogP contribution in [0.2, 0.25) is 0 Å². The number of sulfonamides is 1. The molecule has 118 valence electrons. The van der Waals surface area contributed by atoms with E-state index in [2.05, 4.69) is 9.88 Å². The van der Waals surface area contributed by atoms with Crippen molar-refractivity contribution in [3.05, 3.63) is 6.33 Å². The lowest BCUT2D eigenvalue weighted by Crippen LogP contribution is -2.46. The number of likely N-dealkylation sites (tertiary alicyclic amines) is 1. The number of aromatic nitrogens is 2.